The zero-order valence-corrected chi connectivity index (χ0v) is 16.5. The SMILES string of the molecule is CCc1cc2c(N3CCC(C(=O)N4CCN(C)CC4)CC3)ncnc2s1. The molecule has 2 saturated heterocycles. The van der Waals surface area contributed by atoms with Crippen molar-refractivity contribution in [3.05, 3.63) is 17.3 Å². The van der Waals surface area contributed by atoms with E-state index in [4.69, 9.17) is 0 Å². The Bertz CT molecular complexity index is 775. The Morgan fingerprint density at radius 2 is 1.88 bits per heavy atom. The zero-order chi connectivity index (χ0) is 18.1. The lowest BCUT2D eigenvalue weighted by Gasteiger charge is -2.38. The number of carbonyl (C=O) groups is 1. The number of piperazine rings is 1. The van der Waals surface area contributed by atoms with Crippen LogP contribution in [0.2, 0.25) is 0 Å². The Kier molecular flexibility index (Phi) is 5.09. The summed E-state index contributed by atoms with van der Waals surface area (Å²) in [5.41, 5.74) is 0. The summed E-state index contributed by atoms with van der Waals surface area (Å²) in [5.74, 6) is 1.56. The van der Waals surface area contributed by atoms with Crippen molar-refractivity contribution < 1.29 is 4.79 Å². The number of hydrogen-bond acceptors (Lipinski definition) is 6. The van der Waals surface area contributed by atoms with E-state index in [2.05, 4.69) is 44.7 Å². The molecule has 4 rings (SSSR count). The van der Waals surface area contributed by atoms with Crippen molar-refractivity contribution in [2.45, 2.75) is 26.2 Å². The van der Waals surface area contributed by atoms with E-state index < -0.39 is 0 Å². The summed E-state index contributed by atoms with van der Waals surface area (Å²) >= 11 is 1.76. The van der Waals surface area contributed by atoms with E-state index in [0.29, 0.717) is 5.91 Å². The molecule has 26 heavy (non-hydrogen) atoms. The highest BCUT2D eigenvalue weighted by Gasteiger charge is 2.30. The van der Waals surface area contributed by atoms with Gasteiger partial charge in [-0.05, 0) is 32.4 Å². The lowest BCUT2D eigenvalue weighted by molar-refractivity contribution is -0.137. The number of anilines is 1. The van der Waals surface area contributed by atoms with Gasteiger partial charge in [0.15, 0.2) is 0 Å². The van der Waals surface area contributed by atoms with E-state index >= 15 is 0 Å². The van der Waals surface area contributed by atoms with Crippen molar-refractivity contribution in [2.24, 2.45) is 5.92 Å². The molecule has 2 aliphatic heterocycles. The van der Waals surface area contributed by atoms with Gasteiger partial charge in [0.05, 0.1) is 5.39 Å². The van der Waals surface area contributed by atoms with Gasteiger partial charge in [0.1, 0.15) is 17.0 Å². The molecule has 0 saturated carbocycles. The summed E-state index contributed by atoms with van der Waals surface area (Å²) in [6, 6.07) is 2.23. The molecule has 2 aromatic heterocycles. The van der Waals surface area contributed by atoms with Gasteiger partial charge in [-0.25, -0.2) is 9.97 Å². The average Bonchev–Trinajstić information content (AvgIpc) is 3.11. The van der Waals surface area contributed by atoms with Crippen LogP contribution in [0.15, 0.2) is 12.4 Å². The number of thiophene rings is 1. The second-order valence-electron chi connectivity index (χ2n) is 7.37. The molecule has 2 fully saturated rings. The summed E-state index contributed by atoms with van der Waals surface area (Å²) in [6.45, 7) is 7.69. The maximum atomic E-state index is 12.8. The van der Waals surface area contributed by atoms with E-state index in [-0.39, 0.29) is 5.92 Å². The lowest BCUT2D eigenvalue weighted by atomic mass is 9.95. The van der Waals surface area contributed by atoms with Crippen LogP contribution in [0, 0.1) is 5.92 Å². The van der Waals surface area contributed by atoms with Crippen molar-refractivity contribution >= 4 is 33.3 Å². The van der Waals surface area contributed by atoms with Crippen molar-refractivity contribution in [3.8, 4) is 0 Å². The van der Waals surface area contributed by atoms with Crippen LogP contribution in [0.4, 0.5) is 5.82 Å². The molecule has 0 spiro atoms. The molecule has 0 aromatic carbocycles. The Morgan fingerprint density at radius 1 is 1.15 bits per heavy atom. The maximum absolute atomic E-state index is 12.8. The van der Waals surface area contributed by atoms with E-state index in [9.17, 15) is 4.79 Å². The monoisotopic (exact) mass is 373 g/mol. The zero-order valence-electron chi connectivity index (χ0n) is 15.6. The maximum Gasteiger partial charge on any atom is 0.225 e. The number of likely N-dealkylation sites (N-methyl/N-ethyl adjacent to an activating group) is 1. The largest absolute Gasteiger partial charge is 0.356 e. The quantitative estimate of drug-likeness (QED) is 0.826. The van der Waals surface area contributed by atoms with Crippen LogP contribution >= 0.6 is 11.3 Å². The number of aryl methyl sites for hydroxylation is 1. The molecule has 0 radical (unpaired) electrons. The van der Waals surface area contributed by atoms with Crippen LogP contribution in [0.5, 0.6) is 0 Å². The van der Waals surface area contributed by atoms with Gasteiger partial charge in [0.2, 0.25) is 5.91 Å². The van der Waals surface area contributed by atoms with Crippen molar-refractivity contribution in [1.82, 2.24) is 19.8 Å². The standard InChI is InChI=1S/C19H27N5OS/c1-3-15-12-16-17(20-13-21-18(16)26-15)23-6-4-14(5-7-23)19(25)24-10-8-22(2)9-11-24/h12-14H,3-11H2,1-2H3. The molecule has 0 atom stereocenters. The number of nitrogens with zero attached hydrogens (tertiary/aromatic N) is 5. The van der Waals surface area contributed by atoms with Crippen LogP contribution < -0.4 is 4.90 Å². The molecule has 1 amide bonds. The van der Waals surface area contributed by atoms with E-state index in [1.54, 1.807) is 17.7 Å². The Morgan fingerprint density at radius 3 is 2.58 bits per heavy atom. The number of hydrogen-bond donors (Lipinski definition) is 0. The Labute approximate surface area is 158 Å². The summed E-state index contributed by atoms with van der Waals surface area (Å²) in [4.78, 5) is 30.9. The minimum absolute atomic E-state index is 0.167. The third-order valence-corrected chi connectivity index (χ3v) is 6.85. The molecule has 2 aliphatic rings. The fraction of sp³-hybridized carbons (Fsp3) is 0.632. The molecule has 6 nitrogen and oxygen atoms in total. The van der Waals surface area contributed by atoms with Gasteiger partial charge >= 0.3 is 0 Å². The first-order valence-electron chi connectivity index (χ1n) is 9.61. The van der Waals surface area contributed by atoms with Crippen LogP contribution in [-0.4, -0.2) is 72.0 Å². The van der Waals surface area contributed by atoms with E-state index in [1.807, 2.05) is 0 Å². The molecule has 2 aromatic rings. The smallest absolute Gasteiger partial charge is 0.225 e. The summed E-state index contributed by atoms with van der Waals surface area (Å²) < 4.78 is 0. The van der Waals surface area contributed by atoms with Crippen molar-refractivity contribution in [2.75, 3.05) is 51.2 Å². The first kappa shape index (κ1) is 17.7. The van der Waals surface area contributed by atoms with Crippen molar-refractivity contribution in [3.63, 3.8) is 0 Å². The van der Waals surface area contributed by atoms with Gasteiger partial charge in [-0.15, -0.1) is 11.3 Å². The van der Waals surface area contributed by atoms with Gasteiger partial charge in [-0.1, -0.05) is 6.92 Å². The fourth-order valence-corrected chi connectivity index (χ4v) is 4.87. The minimum atomic E-state index is 0.167. The second-order valence-corrected chi connectivity index (χ2v) is 8.49. The third kappa shape index (κ3) is 3.42. The number of fused-ring (bicyclic) bond motifs is 1. The second kappa shape index (κ2) is 7.48. The molecule has 140 valence electrons. The Balaban J connectivity index is 1.42. The summed E-state index contributed by atoms with van der Waals surface area (Å²) in [5, 5.41) is 1.16. The van der Waals surface area contributed by atoms with Crippen LogP contribution in [0.25, 0.3) is 10.2 Å². The van der Waals surface area contributed by atoms with E-state index in [0.717, 1.165) is 74.6 Å². The molecule has 4 heterocycles. The predicted molar refractivity (Wildman–Crippen MR) is 106 cm³/mol. The number of rotatable bonds is 3. The van der Waals surface area contributed by atoms with E-state index in [1.165, 1.54) is 4.88 Å². The number of piperidine rings is 1. The van der Waals surface area contributed by atoms with Crippen LogP contribution in [0.1, 0.15) is 24.6 Å². The van der Waals surface area contributed by atoms with Gasteiger partial charge < -0.3 is 14.7 Å². The molecule has 0 aliphatic carbocycles. The average molecular weight is 374 g/mol. The molecular formula is C19H27N5OS. The van der Waals surface area contributed by atoms with Gasteiger partial charge in [-0.2, -0.15) is 0 Å². The summed E-state index contributed by atoms with van der Waals surface area (Å²) in [7, 11) is 2.12. The number of amides is 1. The molecule has 0 unspecified atom stereocenters. The van der Waals surface area contributed by atoms with Gasteiger partial charge in [0.25, 0.3) is 0 Å². The molecule has 0 N–H and O–H groups in total. The number of carbonyl (C=O) groups excluding carboxylic acids is 1. The molecule has 0 bridgehead atoms. The number of aromatic nitrogens is 2. The lowest BCUT2D eigenvalue weighted by Crippen LogP contribution is -2.50. The fourth-order valence-electron chi connectivity index (χ4n) is 3.94. The highest BCUT2D eigenvalue weighted by molar-refractivity contribution is 7.18. The predicted octanol–water partition coefficient (Wildman–Crippen LogP) is 2.24. The first-order valence-corrected chi connectivity index (χ1v) is 10.4. The molecular weight excluding hydrogens is 346 g/mol. The first-order chi connectivity index (χ1) is 12.7. The van der Waals surface area contributed by atoms with Crippen LogP contribution in [0.3, 0.4) is 0 Å². The normalized spacial score (nSPS) is 20.1. The van der Waals surface area contributed by atoms with Gasteiger partial charge in [-0.3, -0.25) is 4.79 Å². The van der Waals surface area contributed by atoms with Crippen molar-refractivity contribution in [1.29, 1.82) is 0 Å². The highest BCUT2D eigenvalue weighted by atomic mass is 32.1. The topological polar surface area (TPSA) is 52.6 Å². The third-order valence-electron chi connectivity index (χ3n) is 5.67. The highest BCUT2D eigenvalue weighted by Crippen LogP contribution is 2.32. The minimum Gasteiger partial charge on any atom is -0.356 e. The summed E-state index contributed by atoms with van der Waals surface area (Å²) in [6.07, 6.45) is 4.54. The Hall–Kier alpha value is -1.73. The molecule has 7 heteroatoms. The van der Waals surface area contributed by atoms with Gasteiger partial charge in [0, 0.05) is 50.1 Å². The van der Waals surface area contributed by atoms with Crippen LogP contribution in [-0.2, 0) is 11.2 Å².